The van der Waals surface area contributed by atoms with Crippen molar-refractivity contribution in [2.75, 3.05) is 7.11 Å². The van der Waals surface area contributed by atoms with Crippen molar-refractivity contribution < 1.29 is 24.5 Å². The number of hydrogen-bond acceptors (Lipinski definition) is 5. The molecule has 1 aromatic carbocycles. The summed E-state index contributed by atoms with van der Waals surface area (Å²) in [4.78, 5) is 24.1. The van der Waals surface area contributed by atoms with Crippen LogP contribution in [0.15, 0.2) is 36.4 Å². The first-order valence-electron chi connectivity index (χ1n) is 12.1. The van der Waals surface area contributed by atoms with E-state index in [1.807, 2.05) is 24.3 Å². The Labute approximate surface area is 190 Å². The summed E-state index contributed by atoms with van der Waals surface area (Å²) in [5.74, 6) is 0.170. The van der Waals surface area contributed by atoms with E-state index in [9.17, 15) is 19.8 Å². The average molecular weight is 441 g/mol. The topological polar surface area (TPSA) is 83.8 Å². The number of rotatable bonds is 10. The Kier molecular flexibility index (Phi) is 7.16. The number of Topliss-reactive ketones (excluding diaryl/α,β-unsaturated/α-hetero) is 1. The Morgan fingerprint density at radius 1 is 1.25 bits per heavy atom. The van der Waals surface area contributed by atoms with Crippen LogP contribution in [-0.4, -0.2) is 41.3 Å². The SMILES string of the molecule is COC(=O)c1ccc(CC[C@H]2C(=O)CC(O)[C@@H]2C=CCC(O)C2(CC3CC3)CCC2)cc1. The second-order valence-electron chi connectivity index (χ2n) is 10.2. The minimum absolute atomic E-state index is 0.103. The van der Waals surface area contributed by atoms with Gasteiger partial charge in [-0.3, -0.25) is 4.79 Å². The fraction of sp³-hybridized carbons (Fsp3) is 0.630. The molecule has 3 aliphatic carbocycles. The smallest absolute Gasteiger partial charge is 0.337 e. The molecule has 5 nitrogen and oxygen atoms in total. The monoisotopic (exact) mass is 440 g/mol. The highest BCUT2D eigenvalue weighted by molar-refractivity contribution is 5.89. The van der Waals surface area contributed by atoms with Crippen LogP contribution in [0.3, 0.4) is 0 Å². The molecule has 0 aliphatic heterocycles. The molecule has 0 saturated heterocycles. The van der Waals surface area contributed by atoms with Gasteiger partial charge in [0.15, 0.2) is 0 Å². The van der Waals surface area contributed by atoms with Gasteiger partial charge in [0.05, 0.1) is 24.9 Å². The van der Waals surface area contributed by atoms with Gasteiger partial charge in [-0.2, -0.15) is 0 Å². The maximum atomic E-state index is 12.5. The van der Waals surface area contributed by atoms with Crippen LogP contribution in [-0.2, 0) is 16.0 Å². The van der Waals surface area contributed by atoms with E-state index >= 15 is 0 Å². The summed E-state index contributed by atoms with van der Waals surface area (Å²) in [5.41, 5.74) is 1.66. The number of aliphatic hydroxyl groups excluding tert-OH is 2. The van der Waals surface area contributed by atoms with Gasteiger partial charge in [0.25, 0.3) is 0 Å². The fourth-order valence-electron chi connectivity index (χ4n) is 5.66. The van der Waals surface area contributed by atoms with Crippen molar-refractivity contribution in [3.63, 3.8) is 0 Å². The molecule has 3 aliphatic rings. The Balaban J connectivity index is 1.32. The molecule has 3 fully saturated rings. The number of aliphatic hydroxyl groups is 2. The van der Waals surface area contributed by atoms with Gasteiger partial charge in [-0.25, -0.2) is 4.79 Å². The van der Waals surface area contributed by atoms with Crippen molar-refractivity contribution in [3.05, 3.63) is 47.5 Å². The maximum Gasteiger partial charge on any atom is 0.337 e. The highest BCUT2D eigenvalue weighted by atomic mass is 16.5. The maximum absolute atomic E-state index is 12.5. The molecule has 0 bridgehead atoms. The van der Waals surface area contributed by atoms with Gasteiger partial charge in [0.1, 0.15) is 5.78 Å². The quantitative estimate of drug-likeness (QED) is 0.420. The lowest BCUT2D eigenvalue weighted by atomic mass is 9.61. The Hall–Kier alpha value is -1.98. The van der Waals surface area contributed by atoms with E-state index in [1.165, 1.54) is 26.4 Å². The number of carbonyl (C=O) groups excluding carboxylic acids is 2. The summed E-state index contributed by atoms with van der Waals surface area (Å²) in [5, 5.41) is 21.3. The van der Waals surface area contributed by atoms with Crippen LogP contribution in [0.25, 0.3) is 0 Å². The third kappa shape index (κ3) is 5.15. The second-order valence-corrected chi connectivity index (χ2v) is 10.2. The molecule has 1 aromatic rings. The third-order valence-corrected chi connectivity index (χ3v) is 8.02. The molecule has 3 saturated carbocycles. The molecular formula is C27H36O5. The number of aryl methyl sites for hydroxylation is 1. The van der Waals surface area contributed by atoms with Crippen molar-refractivity contribution in [2.24, 2.45) is 23.2 Å². The number of benzene rings is 1. The summed E-state index contributed by atoms with van der Waals surface area (Å²) in [6.45, 7) is 0. The van der Waals surface area contributed by atoms with Crippen LogP contribution >= 0.6 is 0 Å². The second kappa shape index (κ2) is 9.88. The summed E-state index contributed by atoms with van der Waals surface area (Å²) in [6.07, 6.45) is 12.4. The van der Waals surface area contributed by atoms with Crippen LogP contribution in [0.4, 0.5) is 0 Å². The minimum atomic E-state index is -0.647. The van der Waals surface area contributed by atoms with Gasteiger partial charge in [-0.05, 0) is 67.6 Å². The van der Waals surface area contributed by atoms with E-state index < -0.39 is 6.10 Å². The predicted molar refractivity (Wildman–Crippen MR) is 122 cm³/mol. The normalized spacial score (nSPS) is 28.0. The number of esters is 1. The summed E-state index contributed by atoms with van der Waals surface area (Å²) < 4.78 is 4.73. The lowest BCUT2D eigenvalue weighted by molar-refractivity contribution is -0.121. The lowest BCUT2D eigenvalue weighted by Gasteiger charge is -2.46. The first-order chi connectivity index (χ1) is 15.4. The molecule has 0 amide bonds. The van der Waals surface area contributed by atoms with E-state index in [2.05, 4.69) is 0 Å². The van der Waals surface area contributed by atoms with E-state index in [-0.39, 0.29) is 41.5 Å². The Bertz CT molecular complexity index is 834. The molecule has 174 valence electrons. The van der Waals surface area contributed by atoms with E-state index in [4.69, 9.17) is 4.74 Å². The Morgan fingerprint density at radius 3 is 2.56 bits per heavy atom. The molecule has 0 aromatic heterocycles. The number of carbonyl (C=O) groups is 2. The van der Waals surface area contributed by atoms with E-state index in [0.717, 1.165) is 30.7 Å². The molecule has 0 heterocycles. The highest BCUT2D eigenvalue weighted by Crippen LogP contribution is 2.53. The van der Waals surface area contributed by atoms with Crippen molar-refractivity contribution >= 4 is 11.8 Å². The van der Waals surface area contributed by atoms with Crippen molar-refractivity contribution in [1.82, 2.24) is 0 Å². The van der Waals surface area contributed by atoms with Gasteiger partial charge >= 0.3 is 5.97 Å². The average Bonchev–Trinajstić information content (AvgIpc) is 3.54. The largest absolute Gasteiger partial charge is 0.465 e. The molecule has 32 heavy (non-hydrogen) atoms. The fourth-order valence-corrected chi connectivity index (χ4v) is 5.66. The first-order valence-corrected chi connectivity index (χ1v) is 12.1. The summed E-state index contributed by atoms with van der Waals surface area (Å²) >= 11 is 0. The third-order valence-electron chi connectivity index (χ3n) is 8.02. The van der Waals surface area contributed by atoms with Crippen molar-refractivity contribution in [1.29, 1.82) is 0 Å². The minimum Gasteiger partial charge on any atom is -0.465 e. The zero-order valence-corrected chi connectivity index (χ0v) is 19.0. The van der Waals surface area contributed by atoms with Crippen LogP contribution in [0, 0.1) is 23.2 Å². The number of methoxy groups -OCH3 is 1. The Morgan fingerprint density at radius 2 is 1.97 bits per heavy atom. The van der Waals surface area contributed by atoms with Crippen LogP contribution in [0.1, 0.15) is 73.7 Å². The van der Waals surface area contributed by atoms with Crippen LogP contribution in [0.2, 0.25) is 0 Å². The summed E-state index contributed by atoms with van der Waals surface area (Å²) in [6, 6.07) is 7.26. The molecular weight excluding hydrogens is 404 g/mol. The van der Waals surface area contributed by atoms with Gasteiger partial charge in [0.2, 0.25) is 0 Å². The van der Waals surface area contributed by atoms with Crippen LogP contribution < -0.4 is 0 Å². The van der Waals surface area contributed by atoms with E-state index in [1.54, 1.807) is 12.1 Å². The van der Waals surface area contributed by atoms with E-state index in [0.29, 0.717) is 24.8 Å². The standard InChI is InChI=1S/C27H36O5/c1-32-26(31)20-11-8-18(9-12-20)10-13-22-21(23(28)16-24(22)29)4-2-5-25(30)27(14-3-15-27)17-19-6-7-19/h2,4,8-9,11-12,19,21-23,25,28,30H,3,5-7,10,13-17H2,1H3/t21-,22-,23?,25?/m1/s1. The van der Waals surface area contributed by atoms with Gasteiger partial charge < -0.3 is 14.9 Å². The van der Waals surface area contributed by atoms with Crippen LogP contribution in [0.5, 0.6) is 0 Å². The highest BCUT2D eigenvalue weighted by Gasteiger charge is 2.46. The molecule has 4 rings (SSSR count). The number of ether oxygens (including phenoxy) is 1. The van der Waals surface area contributed by atoms with Gasteiger partial charge in [0, 0.05) is 18.3 Å². The first kappa shape index (κ1) is 23.2. The van der Waals surface area contributed by atoms with Gasteiger partial charge in [-0.15, -0.1) is 0 Å². The molecule has 2 unspecified atom stereocenters. The molecule has 5 heteroatoms. The molecule has 0 spiro atoms. The van der Waals surface area contributed by atoms with Crippen molar-refractivity contribution in [3.8, 4) is 0 Å². The predicted octanol–water partition coefficient (Wildman–Crippen LogP) is 4.25. The molecule has 4 atom stereocenters. The van der Waals surface area contributed by atoms with Gasteiger partial charge in [-0.1, -0.05) is 43.5 Å². The molecule has 0 radical (unpaired) electrons. The lowest BCUT2D eigenvalue weighted by Crippen LogP contribution is -2.41. The number of ketones is 1. The summed E-state index contributed by atoms with van der Waals surface area (Å²) in [7, 11) is 1.36. The molecule has 2 N–H and O–H groups in total. The zero-order valence-electron chi connectivity index (χ0n) is 19.0. The number of hydrogen-bond donors (Lipinski definition) is 2. The zero-order chi connectivity index (χ0) is 22.7. The van der Waals surface area contributed by atoms with Crippen molar-refractivity contribution in [2.45, 2.75) is 76.4 Å².